The van der Waals surface area contributed by atoms with Crippen LogP contribution >= 0.6 is 22.6 Å². The number of halogens is 1. The topological polar surface area (TPSA) is 79.2 Å². The van der Waals surface area contributed by atoms with Crippen molar-refractivity contribution < 1.29 is 19.4 Å². The summed E-state index contributed by atoms with van der Waals surface area (Å²) in [5, 5.41) is 15.2. The first-order chi connectivity index (χ1) is 12.0. The first kappa shape index (κ1) is 16.6. The number of fused-ring (bicyclic) bond motifs is 5. The summed E-state index contributed by atoms with van der Waals surface area (Å²) in [5.74, 6) is -0.142. The van der Waals surface area contributed by atoms with E-state index in [1.165, 1.54) is 6.21 Å². The van der Waals surface area contributed by atoms with Crippen LogP contribution in [0.3, 0.4) is 0 Å². The van der Waals surface area contributed by atoms with Crippen molar-refractivity contribution in [1.29, 1.82) is 0 Å². The third kappa shape index (κ3) is 2.56. The predicted octanol–water partition coefficient (Wildman–Crippen LogP) is 2.54. The molecule has 1 saturated heterocycles. The number of benzene rings is 1. The second-order valence-electron chi connectivity index (χ2n) is 6.52. The Balaban J connectivity index is 1.59. The van der Waals surface area contributed by atoms with E-state index in [1.54, 1.807) is 12.1 Å². The minimum absolute atomic E-state index is 0.0742. The van der Waals surface area contributed by atoms with Crippen LogP contribution in [-0.2, 0) is 9.59 Å². The molecule has 7 heteroatoms. The number of phenols is 1. The van der Waals surface area contributed by atoms with Crippen molar-refractivity contribution >= 4 is 40.6 Å². The van der Waals surface area contributed by atoms with Gasteiger partial charge in [-0.1, -0.05) is 12.2 Å². The number of carbonyl (C=O) groups excluding carboxylic acids is 2. The molecule has 1 aromatic rings. The van der Waals surface area contributed by atoms with Crippen molar-refractivity contribution in [2.45, 2.75) is 13.3 Å². The van der Waals surface area contributed by atoms with Gasteiger partial charge in [0.25, 0.3) is 11.8 Å². The molecule has 4 rings (SSSR count). The summed E-state index contributed by atoms with van der Waals surface area (Å²) in [6.07, 6.45) is 6.48. The smallest absolute Gasteiger partial charge is 0.254 e. The Kier molecular flexibility index (Phi) is 4.05. The summed E-state index contributed by atoms with van der Waals surface area (Å²) in [5.41, 5.74) is 0.657. The Hall–Kier alpha value is -1.90. The van der Waals surface area contributed by atoms with Crippen LogP contribution in [0.25, 0.3) is 0 Å². The zero-order valence-corrected chi connectivity index (χ0v) is 15.7. The van der Waals surface area contributed by atoms with Crippen LogP contribution in [-0.4, -0.2) is 34.8 Å². The molecule has 2 fully saturated rings. The third-order valence-electron chi connectivity index (χ3n) is 5.12. The van der Waals surface area contributed by atoms with Crippen molar-refractivity contribution in [3.05, 3.63) is 33.4 Å². The zero-order chi connectivity index (χ0) is 17.7. The maximum absolute atomic E-state index is 12.6. The fourth-order valence-electron chi connectivity index (χ4n) is 4.06. The van der Waals surface area contributed by atoms with Crippen molar-refractivity contribution in [2.24, 2.45) is 28.8 Å². The number of amides is 2. The molecule has 25 heavy (non-hydrogen) atoms. The highest BCUT2D eigenvalue weighted by Crippen LogP contribution is 2.52. The van der Waals surface area contributed by atoms with E-state index >= 15 is 0 Å². The van der Waals surface area contributed by atoms with Gasteiger partial charge in [0.15, 0.2) is 11.5 Å². The third-order valence-corrected chi connectivity index (χ3v) is 5.94. The van der Waals surface area contributed by atoms with E-state index in [0.717, 1.165) is 11.4 Å². The van der Waals surface area contributed by atoms with E-state index in [9.17, 15) is 14.7 Å². The highest BCUT2D eigenvalue weighted by molar-refractivity contribution is 14.1. The van der Waals surface area contributed by atoms with Gasteiger partial charge in [-0.15, -0.1) is 0 Å². The zero-order valence-electron chi connectivity index (χ0n) is 13.6. The molecule has 2 amide bonds. The number of phenolic OH excluding ortho intramolecular Hbond substituents is 1. The number of nitrogens with zero attached hydrogens (tertiary/aromatic N) is 2. The normalized spacial score (nSPS) is 29.9. The van der Waals surface area contributed by atoms with Gasteiger partial charge in [-0.2, -0.15) is 10.1 Å². The van der Waals surface area contributed by atoms with Gasteiger partial charge in [-0.3, -0.25) is 9.59 Å². The van der Waals surface area contributed by atoms with Crippen molar-refractivity contribution in [3.63, 3.8) is 0 Å². The van der Waals surface area contributed by atoms with Crippen LogP contribution in [0.15, 0.2) is 29.4 Å². The van der Waals surface area contributed by atoms with Crippen molar-refractivity contribution in [1.82, 2.24) is 5.01 Å². The van der Waals surface area contributed by atoms with Gasteiger partial charge in [-0.25, -0.2) is 0 Å². The van der Waals surface area contributed by atoms with Gasteiger partial charge in [0.2, 0.25) is 0 Å². The lowest BCUT2D eigenvalue weighted by molar-refractivity contribution is -0.140. The number of allylic oxidation sites excluding steroid dienone is 2. The molecule has 3 aliphatic rings. The van der Waals surface area contributed by atoms with E-state index in [0.29, 0.717) is 21.5 Å². The second-order valence-corrected chi connectivity index (χ2v) is 7.68. The Morgan fingerprint density at radius 3 is 2.52 bits per heavy atom. The first-order valence-corrected chi connectivity index (χ1v) is 9.34. The minimum Gasteiger partial charge on any atom is -0.504 e. The number of imide groups is 1. The molecule has 1 aliphatic heterocycles. The summed E-state index contributed by atoms with van der Waals surface area (Å²) in [6.45, 7) is 2.25. The SMILES string of the molecule is CCOc1cc(/C=N\N2C(=O)[C@@H]3[C@H](C2=O)[C@@H]2C=C[C@H]3C2)cc(I)c1O. The van der Waals surface area contributed by atoms with Gasteiger partial charge in [0, 0.05) is 0 Å². The van der Waals surface area contributed by atoms with E-state index in [4.69, 9.17) is 4.74 Å². The standard InChI is InChI=1S/C18H17IN2O4/c1-2-25-13-6-9(5-12(19)16(13)22)8-20-21-17(23)14-10-3-4-11(7-10)15(14)18(21)24/h3-6,8,10-11,14-15,22H,2,7H2,1H3/b20-8-/t10-,11+,14-,15+. The van der Waals surface area contributed by atoms with Crippen molar-refractivity contribution in [2.75, 3.05) is 6.61 Å². The second kappa shape index (κ2) is 6.12. The predicted molar refractivity (Wildman–Crippen MR) is 99.2 cm³/mol. The van der Waals surface area contributed by atoms with Gasteiger partial charge < -0.3 is 9.84 Å². The molecule has 6 nitrogen and oxygen atoms in total. The molecule has 0 radical (unpaired) electrons. The maximum Gasteiger partial charge on any atom is 0.254 e. The van der Waals surface area contributed by atoms with Crippen LogP contribution in [0.1, 0.15) is 18.9 Å². The molecule has 4 atom stereocenters. The lowest BCUT2D eigenvalue weighted by Crippen LogP contribution is -2.28. The molecular formula is C18H17IN2O4. The number of ether oxygens (including phenoxy) is 1. The fraction of sp³-hybridized carbons (Fsp3) is 0.389. The number of rotatable bonds is 4. The number of hydrazone groups is 1. The number of hydrogen-bond acceptors (Lipinski definition) is 5. The highest BCUT2D eigenvalue weighted by atomic mass is 127. The van der Waals surface area contributed by atoms with Crippen LogP contribution in [0.4, 0.5) is 0 Å². The molecule has 1 heterocycles. The molecule has 2 bridgehead atoms. The van der Waals surface area contributed by atoms with E-state index in [-0.39, 0.29) is 41.2 Å². The van der Waals surface area contributed by atoms with Crippen LogP contribution < -0.4 is 4.74 Å². The number of aromatic hydroxyl groups is 1. The lowest BCUT2D eigenvalue weighted by atomic mass is 9.85. The van der Waals surface area contributed by atoms with E-state index in [1.807, 2.05) is 29.5 Å². The summed E-state index contributed by atoms with van der Waals surface area (Å²) < 4.78 is 6.01. The molecule has 0 spiro atoms. The molecule has 130 valence electrons. The molecule has 1 N–H and O–H groups in total. The molecule has 0 unspecified atom stereocenters. The summed E-state index contributed by atoms with van der Waals surface area (Å²) in [7, 11) is 0. The van der Waals surface area contributed by atoms with Gasteiger partial charge in [-0.05, 0) is 65.5 Å². The Labute approximate surface area is 158 Å². The lowest BCUT2D eigenvalue weighted by Gasteiger charge is -2.13. The largest absolute Gasteiger partial charge is 0.504 e. The number of hydrogen-bond donors (Lipinski definition) is 1. The molecule has 1 saturated carbocycles. The van der Waals surface area contributed by atoms with Crippen LogP contribution in [0.2, 0.25) is 0 Å². The minimum atomic E-state index is -0.251. The average molecular weight is 452 g/mol. The molecular weight excluding hydrogens is 435 g/mol. The van der Waals surface area contributed by atoms with Gasteiger partial charge in [0.05, 0.1) is 28.2 Å². The van der Waals surface area contributed by atoms with E-state index < -0.39 is 0 Å². The van der Waals surface area contributed by atoms with E-state index in [2.05, 4.69) is 17.3 Å². The van der Waals surface area contributed by atoms with Crippen LogP contribution in [0, 0.1) is 27.2 Å². The fourth-order valence-corrected chi connectivity index (χ4v) is 4.68. The summed E-state index contributed by atoms with van der Waals surface area (Å²) in [4.78, 5) is 25.2. The molecule has 1 aromatic carbocycles. The highest BCUT2D eigenvalue weighted by Gasteiger charge is 2.59. The quantitative estimate of drug-likeness (QED) is 0.330. The van der Waals surface area contributed by atoms with Crippen molar-refractivity contribution in [3.8, 4) is 11.5 Å². The average Bonchev–Trinajstić information content (AvgIpc) is 3.25. The van der Waals surface area contributed by atoms with Crippen LogP contribution in [0.5, 0.6) is 11.5 Å². The Morgan fingerprint density at radius 1 is 1.28 bits per heavy atom. The van der Waals surface area contributed by atoms with Gasteiger partial charge in [0.1, 0.15) is 0 Å². The Bertz CT molecular complexity index is 790. The van der Waals surface area contributed by atoms with Gasteiger partial charge >= 0.3 is 0 Å². The monoisotopic (exact) mass is 452 g/mol. The maximum atomic E-state index is 12.6. The number of carbonyl (C=O) groups is 2. The summed E-state index contributed by atoms with van der Waals surface area (Å²) in [6, 6.07) is 3.36. The molecule has 2 aliphatic carbocycles. The first-order valence-electron chi connectivity index (χ1n) is 8.26. The summed E-state index contributed by atoms with van der Waals surface area (Å²) >= 11 is 2.00. The Morgan fingerprint density at radius 2 is 1.92 bits per heavy atom. The molecule has 0 aromatic heterocycles.